The topological polar surface area (TPSA) is 140 Å². The summed E-state index contributed by atoms with van der Waals surface area (Å²) >= 11 is 3.58. The number of likely N-dealkylation sites (N-methyl/N-ethyl adjacent to an activating group) is 1. The van der Waals surface area contributed by atoms with Gasteiger partial charge in [0, 0.05) is 48.1 Å². The number of nitrogens with zero attached hydrogens (tertiary/aromatic N) is 5. The molecular weight excluding hydrogens is 805 g/mol. The van der Waals surface area contributed by atoms with Gasteiger partial charge in [-0.05, 0) is 75.4 Å². The molecule has 0 spiro atoms. The summed E-state index contributed by atoms with van der Waals surface area (Å²) in [7, 11) is 3.11. The normalized spacial score (nSPS) is 15.2. The van der Waals surface area contributed by atoms with Crippen LogP contribution >= 0.6 is 22.7 Å². The van der Waals surface area contributed by atoms with Gasteiger partial charge < -0.3 is 29.8 Å². The van der Waals surface area contributed by atoms with Crippen molar-refractivity contribution < 1.29 is 19.1 Å². The molecule has 2 aromatic carbocycles. The van der Waals surface area contributed by atoms with Gasteiger partial charge in [-0.3, -0.25) is 19.3 Å². The predicted octanol–water partition coefficient (Wildman–Crippen LogP) is 9.28. The van der Waals surface area contributed by atoms with Crippen LogP contribution in [0.15, 0.2) is 90.4 Å². The number of H-pyrrole nitrogens is 2. The van der Waals surface area contributed by atoms with Crippen molar-refractivity contribution in [2.45, 2.75) is 71.3 Å². The second-order valence-electron chi connectivity index (χ2n) is 15.1. The van der Waals surface area contributed by atoms with Gasteiger partial charge in [0.05, 0.1) is 59.5 Å². The molecule has 14 heteroatoms. The number of ether oxygens (including phenoxy) is 1. The predicted molar refractivity (Wildman–Crippen MR) is 250 cm³/mol. The van der Waals surface area contributed by atoms with Gasteiger partial charge in [-0.25, -0.2) is 9.97 Å². The minimum Gasteiger partial charge on any atom is -0.471 e. The second kappa shape index (κ2) is 25.6. The van der Waals surface area contributed by atoms with Crippen LogP contribution in [-0.4, -0.2) is 113 Å². The maximum atomic E-state index is 12.9. The SMILES string of the molecule is CCC.CNCC(=O)N1CCCC1.COC=O.O=C(C(c1ccccc1)N1CCCCC1)N1CCCC1.c1ncc(-c2ccc(-c3csc4c(-c5cnc[nH]5)csc34)cc2)[nH]1. The molecule has 0 aliphatic carbocycles. The van der Waals surface area contributed by atoms with E-state index in [4.69, 9.17) is 4.79 Å². The van der Waals surface area contributed by atoms with Crippen LogP contribution in [0.25, 0.3) is 43.0 Å². The molecule has 3 N–H and O–H groups in total. The number of likely N-dealkylation sites (tertiary alicyclic amines) is 3. The summed E-state index contributed by atoms with van der Waals surface area (Å²) in [6.07, 6.45) is 16.8. The van der Waals surface area contributed by atoms with Gasteiger partial charge in [0.2, 0.25) is 11.8 Å². The van der Waals surface area contributed by atoms with Gasteiger partial charge in [0.1, 0.15) is 6.04 Å². The number of carbonyl (C=O) groups is 3. The minimum atomic E-state index is -0.0606. The number of amides is 2. The van der Waals surface area contributed by atoms with Crippen molar-refractivity contribution in [2.75, 3.05) is 60.0 Å². The molecular formula is C47H62N8O4S2. The third-order valence-corrected chi connectivity index (χ3v) is 12.6. The number of nitrogens with one attached hydrogen (secondary N) is 3. The fraction of sp³-hybridized carbons (Fsp3) is 0.426. The Morgan fingerprint density at radius 3 is 1.79 bits per heavy atom. The Kier molecular flexibility index (Phi) is 19.7. The van der Waals surface area contributed by atoms with E-state index in [0.717, 1.165) is 74.6 Å². The largest absolute Gasteiger partial charge is 0.471 e. The van der Waals surface area contributed by atoms with E-state index < -0.39 is 0 Å². The Hall–Kier alpha value is -5.15. The van der Waals surface area contributed by atoms with Crippen molar-refractivity contribution in [3.63, 3.8) is 0 Å². The molecule has 4 aromatic heterocycles. The zero-order valence-corrected chi connectivity index (χ0v) is 37.7. The molecule has 0 saturated carbocycles. The van der Waals surface area contributed by atoms with Crippen LogP contribution in [0.1, 0.15) is 76.8 Å². The first-order valence-electron chi connectivity index (χ1n) is 21.5. The van der Waals surface area contributed by atoms with E-state index in [0.29, 0.717) is 18.9 Å². The lowest BCUT2D eigenvalue weighted by molar-refractivity contribution is -0.136. The van der Waals surface area contributed by atoms with Crippen molar-refractivity contribution in [3.05, 3.63) is 96.0 Å². The smallest absolute Gasteiger partial charge is 0.292 e. The van der Waals surface area contributed by atoms with Gasteiger partial charge in [0.25, 0.3) is 6.47 Å². The molecule has 61 heavy (non-hydrogen) atoms. The van der Waals surface area contributed by atoms with Crippen LogP contribution in [0.4, 0.5) is 0 Å². The highest BCUT2D eigenvalue weighted by Crippen LogP contribution is 2.43. The molecule has 0 bridgehead atoms. The van der Waals surface area contributed by atoms with Crippen LogP contribution in [0.3, 0.4) is 0 Å². The van der Waals surface area contributed by atoms with Gasteiger partial charge in [-0.1, -0.05) is 81.3 Å². The van der Waals surface area contributed by atoms with Crippen molar-refractivity contribution >= 4 is 50.4 Å². The number of hydrogen-bond acceptors (Lipinski definition) is 10. The van der Waals surface area contributed by atoms with E-state index in [2.05, 4.69) is 101 Å². The quantitative estimate of drug-likeness (QED) is 0.122. The average Bonchev–Trinajstić information content (AvgIpc) is 4.16. The molecule has 0 radical (unpaired) electrons. The maximum Gasteiger partial charge on any atom is 0.292 e. The molecule has 3 aliphatic rings. The zero-order chi connectivity index (χ0) is 43.2. The first-order valence-corrected chi connectivity index (χ1v) is 23.2. The number of piperidine rings is 1. The fourth-order valence-electron chi connectivity index (χ4n) is 7.51. The van der Waals surface area contributed by atoms with E-state index in [1.54, 1.807) is 42.4 Å². The Morgan fingerprint density at radius 2 is 1.25 bits per heavy atom. The third kappa shape index (κ3) is 13.4. The molecule has 3 fully saturated rings. The summed E-state index contributed by atoms with van der Waals surface area (Å²) < 4.78 is 6.51. The third-order valence-electron chi connectivity index (χ3n) is 10.5. The molecule has 1 atom stereocenters. The first-order chi connectivity index (χ1) is 29.9. The lowest BCUT2D eigenvalue weighted by Crippen LogP contribution is -2.44. The first kappa shape index (κ1) is 46.9. The van der Waals surface area contributed by atoms with E-state index in [1.807, 2.05) is 35.5 Å². The zero-order valence-electron chi connectivity index (χ0n) is 36.1. The van der Waals surface area contributed by atoms with Crippen LogP contribution in [0.5, 0.6) is 0 Å². The van der Waals surface area contributed by atoms with Crippen LogP contribution in [-0.2, 0) is 19.1 Å². The number of fused-ring (bicyclic) bond motifs is 1. The molecule has 326 valence electrons. The fourth-order valence-corrected chi connectivity index (χ4v) is 9.96. The monoisotopic (exact) mass is 866 g/mol. The number of methoxy groups -OCH3 is 1. The van der Waals surface area contributed by atoms with E-state index in [1.165, 1.54) is 71.7 Å². The van der Waals surface area contributed by atoms with Crippen molar-refractivity contribution in [2.24, 2.45) is 0 Å². The van der Waals surface area contributed by atoms with Crippen LogP contribution < -0.4 is 5.32 Å². The summed E-state index contributed by atoms with van der Waals surface area (Å²) in [5, 5.41) is 7.30. The number of imidazole rings is 2. The molecule has 12 nitrogen and oxygen atoms in total. The molecule has 1 unspecified atom stereocenters. The number of aromatic amines is 2. The van der Waals surface area contributed by atoms with E-state index >= 15 is 0 Å². The van der Waals surface area contributed by atoms with Crippen molar-refractivity contribution in [3.8, 4) is 33.6 Å². The Morgan fingerprint density at radius 1 is 0.738 bits per heavy atom. The van der Waals surface area contributed by atoms with Gasteiger partial charge in [-0.15, -0.1) is 22.7 Å². The number of hydrogen-bond donors (Lipinski definition) is 3. The van der Waals surface area contributed by atoms with Crippen molar-refractivity contribution in [1.29, 1.82) is 0 Å². The molecule has 3 aliphatic heterocycles. The summed E-state index contributed by atoms with van der Waals surface area (Å²) in [5.74, 6) is 0.551. The Bertz CT molecular complexity index is 2120. The van der Waals surface area contributed by atoms with Crippen LogP contribution in [0.2, 0.25) is 0 Å². The number of rotatable bonds is 9. The maximum absolute atomic E-state index is 12.9. The lowest BCUT2D eigenvalue weighted by Gasteiger charge is -2.36. The number of thiophene rings is 2. The highest BCUT2D eigenvalue weighted by Gasteiger charge is 2.33. The van der Waals surface area contributed by atoms with Crippen LogP contribution in [0, 0.1) is 0 Å². The van der Waals surface area contributed by atoms with E-state index in [9.17, 15) is 9.59 Å². The Balaban J connectivity index is 0.000000171. The molecule has 2 amide bonds. The highest BCUT2D eigenvalue weighted by atomic mass is 32.1. The average molecular weight is 867 g/mol. The summed E-state index contributed by atoms with van der Waals surface area (Å²) in [6.45, 7) is 11.0. The second-order valence-corrected chi connectivity index (χ2v) is 16.8. The molecule has 6 aromatic rings. The number of aromatic nitrogens is 4. The number of carbonyl (C=O) groups excluding carboxylic acids is 3. The van der Waals surface area contributed by atoms with Gasteiger partial charge in [-0.2, -0.15) is 0 Å². The van der Waals surface area contributed by atoms with Gasteiger partial charge >= 0.3 is 0 Å². The molecule has 9 rings (SSSR count). The van der Waals surface area contributed by atoms with Gasteiger partial charge in [0.15, 0.2) is 0 Å². The standard InChI is InChI=1S/C18H12N4S2.C17H24N2O.C7H14N2O.C3H8.C2H4O2/c1-3-12(15-5-19-9-21-15)4-2-11(1)13-7-23-18-14(8-24-17(13)18)16-6-20-10-22-16;20-17(19-13-7-8-14-19)16(15-9-3-1-4-10-15)18-11-5-2-6-12-18;1-8-6-7(10)9-4-2-3-5-9;1-3-2;1-4-2-3/h1-10H,(H,19,21)(H,20,22);1,3-4,9-10,16H,2,5-8,11-14H2;8H,2-6H2,1H3;3H2,1-2H3;2H,1H3. The summed E-state index contributed by atoms with van der Waals surface area (Å²) in [5.41, 5.74) is 8.18. The highest BCUT2D eigenvalue weighted by molar-refractivity contribution is 7.27. The summed E-state index contributed by atoms with van der Waals surface area (Å²) in [4.78, 5) is 53.9. The Labute approximate surface area is 368 Å². The molecule has 7 heterocycles. The lowest BCUT2D eigenvalue weighted by atomic mass is 10.0. The summed E-state index contributed by atoms with van der Waals surface area (Å²) in [6, 6.07) is 18.9. The number of benzene rings is 2. The molecule has 3 saturated heterocycles. The van der Waals surface area contributed by atoms with Crippen molar-refractivity contribution in [1.82, 2.24) is 40.0 Å². The van der Waals surface area contributed by atoms with E-state index in [-0.39, 0.29) is 11.9 Å². The minimum absolute atomic E-state index is 0.0606.